The molecular formula is C10H22N2O3. The van der Waals surface area contributed by atoms with Crippen LogP contribution in [0.5, 0.6) is 0 Å². The van der Waals surface area contributed by atoms with Crippen LogP contribution in [0.15, 0.2) is 0 Å². The maximum Gasteiger partial charge on any atom is 0.224 e. The Morgan fingerprint density at radius 1 is 1.47 bits per heavy atom. The summed E-state index contributed by atoms with van der Waals surface area (Å²) in [4.78, 5) is 13.3. The van der Waals surface area contributed by atoms with E-state index in [1.165, 1.54) is 0 Å². The lowest BCUT2D eigenvalue weighted by molar-refractivity contribution is -0.132. The van der Waals surface area contributed by atoms with Gasteiger partial charge in [-0.2, -0.15) is 0 Å². The summed E-state index contributed by atoms with van der Waals surface area (Å²) >= 11 is 0. The maximum atomic E-state index is 11.6. The van der Waals surface area contributed by atoms with Crippen LogP contribution in [0.3, 0.4) is 0 Å². The monoisotopic (exact) mass is 218 g/mol. The molecule has 0 saturated heterocycles. The van der Waals surface area contributed by atoms with Crippen LogP contribution in [-0.4, -0.2) is 57.9 Å². The van der Waals surface area contributed by atoms with Crippen molar-refractivity contribution in [2.75, 3.05) is 41.0 Å². The van der Waals surface area contributed by atoms with Gasteiger partial charge in [-0.3, -0.25) is 4.79 Å². The Morgan fingerprint density at radius 3 is 2.60 bits per heavy atom. The highest BCUT2D eigenvalue weighted by Gasteiger charge is 2.14. The summed E-state index contributed by atoms with van der Waals surface area (Å²) in [5.41, 5.74) is 5.44. The number of nitrogens with two attached hydrogens (primary N) is 1. The number of hydrogen-bond donors (Lipinski definition) is 1. The van der Waals surface area contributed by atoms with Crippen molar-refractivity contribution in [3.8, 4) is 0 Å². The zero-order valence-electron chi connectivity index (χ0n) is 9.86. The van der Waals surface area contributed by atoms with Crippen molar-refractivity contribution in [1.82, 2.24) is 4.90 Å². The van der Waals surface area contributed by atoms with Crippen LogP contribution in [0.1, 0.15) is 12.8 Å². The number of carbonyl (C=O) groups excluding carboxylic acids is 1. The molecule has 0 aliphatic carbocycles. The van der Waals surface area contributed by atoms with Crippen LogP contribution < -0.4 is 5.73 Å². The van der Waals surface area contributed by atoms with Crippen molar-refractivity contribution in [1.29, 1.82) is 0 Å². The molecule has 5 heteroatoms. The third kappa shape index (κ3) is 6.43. The smallest absolute Gasteiger partial charge is 0.224 e. The summed E-state index contributed by atoms with van der Waals surface area (Å²) in [7, 11) is 4.99. The summed E-state index contributed by atoms with van der Waals surface area (Å²) in [5.74, 6) is 0.0587. The Bertz CT molecular complexity index is 172. The quantitative estimate of drug-likeness (QED) is 0.575. The van der Waals surface area contributed by atoms with E-state index < -0.39 is 0 Å². The molecule has 0 aromatic carbocycles. The molecule has 1 amide bonds. The van der Waals surface area contributed by atoms with E-state index in [-0.39, 0.29) is 12.0 Å². The van der Waals surface area contributed by atoms with Crippen molar-refractivity contribution >= 4 is 5.91 Å². The minimum Gasteiger partial charge on any atom is -0.385 e. The predicted molar refractivity (Wildman–Crippen MR) is 58.6 cm³/mol. The van der Waals surface area contributed by atoms with Gasteiger partial charge in [0.25, 0.3) is 0 Å². The molecule has 1 atom stereocenters. The number of ether oxygens (including phenoxy) is 2. The predicted octanol–water partition coefficient (Wildman–Crippen LogP) is -0.155. The van der Waals surface area contributed by atoms with Gasteiger partial charge >= 0.3 is 0 Å². The minimum absolute atomic E-state index is 0.0587. The van der Waals surface area contributed by atoms with Crippen LogP contribution in [0.25, 0.3) is 0 Å². The van der Waals surface area contributed by atoms with E-state index in [0.29, 0.717) is 26.1 Å². The maximum absolute atomic E-state index is 11.6. The van der Waals surface area contributed by atoms with Gasteiger partial charge in [-0.1, -0.05) is 0 Å². The standard InChI is InChI=1S/C10H22N2O3/c1-12(5-4-6-14-2)10(13)7-9(8-11)15-3/h9H,4-8,11H2,1-3H3. The molecule has 0 fully saturated rings. The van der Waals surface area contributed by atoms with Gasteiger partial charge in [0.2, 0.25) is 5.91 Å². The van der Waals surface area contributed by atoms with Gasteiger partial charge in [0.05, 0.1) is 12.5 Å². The van der Waals surface area contributed by atoms with Crippen LogP contribution in [0.4, 0.5) is 0 Å². The second kappa shape index (κ2) is 8.64. The molecule has 0 aromatic rings. The molecule has 5 nitrogen and oxygen atoms in total. The molecule has 0 spiro atoms. The van der Waals surface area contributed by atoms with Crippen molar-refractivity contribution in [3.05, 3.63) is 0 Å². The molecule has 0 rings (SSSR count). The molecule has 0 bridgehead atoms. The number of amides is 1. The summed E-state index contributed by atoms with van der Waals surface area (Å²) in [5, 5.41) is 0. The van der Waals surface area contributed by atoms with Crippen LogP contribution in [0, 0.1) is 0 Å². The van der Waals surface area contributed by atoms with Crippen molar-refractivity contribution in [3.63, 3.8) is 0 Å². The fourth-order valence-corrected chi connectivity index (χ4v) is 1.18. The molecule has 0 radical (unpaired) electrons. The van der Waals surface area contributed by atoms with Crippen LogP contribution in [-0.2, 0) is 14.3 Å². The van der Waals surface area contributed by atoms with E-state index in [1.807, 2.05) is 0 Å². The van der Waals surface area contributed by atoms with Gasteiger partial charge in [-0.15, -0.1) is 0 Å². The molecular weight excluding hydrogens is 196 g/mol. The topological polar surface area (TPSA) is 64.8 Å². The molecule has 90 valence electrons. The van der Waals surface area contributed by atoms with Gasteiger partial charge < -0.3 is 20.1 Å². The first-order chi connectivity index (χ1) is 7.15. The van der Waals surface area contributed by atoms with E-state index in [4.69, 9.17) is 15.2 Å². The third-order valence-electron chi connectivity index (χ3n) is 2.27. The summed E-state index contributed by atoms with van der Waals surface area (Å²) < 4.78 is 9.96. The molecule has 0 heterocycles. The van der Waals surface area contributed by atoms with Crippen LogP contribution >= 0.6 is 0 Å². The Morgan fingerprint density at radius 2 is 2.13 bits per heavy atom. The molecule has 15 heavy (non-hydrogen) atoms. The largest absolute Gasteiger partial charge is 0.385 e. The Balaban J connectivity index is 3.77. The fraction of sp³-hybridized carbons (Fsp3) is 0.900. The van der Waals surface area contributed by atoms with E-state index in [0.717, 1.165) is 6.42 Å². The Labute approximate surface area is 91.5 Å². The van der Waals surface area contributed by atoms with Gasteiger partial charge in [-0.05, 0) is 6.42 Å². The molecule has 2 N–H and O–H groups in total. The Kier molecular flexibility index (Phi) is 8.27. The number of methoxy groups -OCH3 is 2. The number of hydrogen-bond acceptors (Lipinski definition) is 4. The lowest BCUT2D eigenvalue weighted by atomic mass is 10.2. The van der Waals surface area contributed by atoms with Gasteiger partial charge in [0, 0.05) is 41.0 Å². The summed E-state index contributed by atoms with van der Waals surface area (Å²) in [6.07, 6.45) is 1.01. The van der Waals surface area contributed by atoms with E-state index in [2.05, 4.69) is 0 Å². The average Bonchev–Trinajstić information content (AvgIpc) is 2.25. The van der Waals surface area contributed by atoms with Gasteiger partial charge in [0.1, 0.15) is 0 Å². The van der Waals surface area contributed by atoms with E-state index in [9.17, 15) is 4.79 Å². The number of nitrogens with zero attached hydrogens (tertiary/aromatic N) is 1. The van der Waals surface area contributed by atoms with E-state index in [1.54, 1.807) is 26.2 Å². The highest BCUT2D eigenvalue weighted by Crippen LogP contribution is 2.00. The average molecular weight is 218 g/mol. The first kappa shape index (κ1) is 14.3. The van der Waals surface area contributed by atoms with Gasteiger partial charge in [-0.25, -0.2) is 0 Å². The highest BCUT2D eigenvalue weighted by atomic mass is 16.5. The van der Waals surface area contributed by atoms with Crippen molar-refractivity contribution < 1.29 is 14.3 Å². The lowest BCUT2D eigenvalue weighted by Gasteiger charge is -2.19. The zero-order chi connectivity index (χ0) is 11.7. The number of rotatable bonds is 8. The lowest BCUT2D eigenvalue weighted by Crippen LogP contribution is -2.34. The fourth-order valence-electron chi connectivity index (χ4n) is 1.18. The molecule has 0 saturated carbocycles. The molecule has 1 unspecified atom stereocenters. The SMILES string of the molecule is COCCCN(C)C(=O)CC(CN)OC. The second-order valence-electron chi connectivity index (χ2n) is 3.46. The van der Waals surface area contributed by atoms with Crippen LogP contribution in [0.2, 0.25) is 0 Å². The first-order valence-corrected chi connectivity index (χ1v) is 5.11. The number of carbonyl (C=O) groups is 1. The highest BCUT2D eigenvalue weighted by molar-refractivity contribution is 5.76. The molecule has 0 aromatic heterocycles. The minimum atomic E-state index is -0.178. The van der Waals surface area contributed by atoms with Gasteiger partial charge in [0.15, 0.2) is 0 Å². The summed E-state index contributed by atoms with van der Waals surface area (Å²) in [6, 6.07) is 0. The first-order valence-electron chi connectivity index (χ1n) is 5.11. The second-order valence-corrected chi connectivity index (χ2v) is 3.46. The zero-order valence-corrected chi connectivity index (χ0v) is 9.86. The molecule has 0 aliphatic heterocycles. The molecule has 0 aliphatic rings. The van der Waals surface area contributed by atoms with Crippen molar-refractivity contribution in [2.45, 2.75) is 18.9 Å². The third-order valence-corrected chi connectivity index (χ3v) is 2.27. The Hall–Kier alpha value is -0.650. The van der Waals surface area contributed by atoms with E-state index >= 15 is 0 Å². The normalized spacial score (nSPS) is 12.5. The van der Waals surface area contributed by atoms with Crippen molar-refractivity contribution in [2.24, 2.45) is 5.73 Å². The summed E-state index contributed by atoms with van der Waals surface area (Å²) in [6.45, 7) is 1.74.